The van der Waals surface area contributed by atoms with E-state index in [-0.39, 0.29) is 5.91 Å². The SMILES string of the molecule is C=CCOc1c(I)cc(/C=C2\SC(=Nc3ccccc3)N(c3ccccc3)C2=O)cc1OC. The lowest BCUT2D eigenvalue weighted by molar-refractivity contribution is -0.113. The Morgan fingerprint density at radius 2 is 1.79 bits per heavy atom. The molecule has 1 heterocycles. The van der Waals surface area contributed by atoms with Crippen LogP contribution in [0.25, 0.3) is 6.08 Å². The van der Waals surface area contributed by atoms with Gasteiger partial charge in [0.2, 0.25) is 0 Å². The highest BCUT2D eigenvalue weighted by Crippen LogP contribution is 2.39. The molecule has 0 spiro atoms. The summed E-state index contributed by atoms with van der Waals surface area (Å²) in [4.78, 5) is 20.4. The molecule has 0 N–H and O–H groups in total. The third-order valence-electron chi connectivity index (χ3n) is 4.70. The molecular weight excluding hydrogens is 547 g/mol. The number of anilines is 1. The Balaban J connectivity index is 1.74. The fourth-order valence-corrected chi connectivity index (χ4v) is 5.01. The second-order valence-corrected chi connectivity index (χ2v) is 9.12. The number of benzene rings is 3. The Morgan fingerprint density at radius 1 is 1.09 bits per heavy atom. The number of nitrogens with zero attached hydrogens (tertiary/aromatic N) is 2. The van der Waals surface area contributed by atoms with Gasteiger partial charge in [0, 0.05) is 0 Å². The number of amidine groups is 1. The van der Waals surface area contributed by atoms with E-state index in [1.165, 1.54) is 11.8 Å². The van der Waals surface area contributed by atoms with Crippen LogP contribution in [0, 0.1) is 3.57 Å². The molecule has 1 aliphatic rings. The van der Waals surface area contributed by atoms with Crippen LogP contribution in [0.15, 0.2) is 95.3 Å². The Bertz CT molecular complexity index is 1230. The number of para-hydroxylation sites is 2. The van der Waals surface area contributed by atoms with Crippen LogP contribution in [0.5, 0.6) is 11.5 Å². The standard InChI is InChI=1S/C26H21IN2O3S/c1-3-14-32-24-21(27)15-18(16-22(24)31-2)17-23-25(30)29(20-12-8-5-9-13-20)26(33-23)28-19-10-6-4-7-11-19/h3-13,15-17H,1,14H2,2H3/b23-17-,28-26?. The van der Waals surface area contributed by atoms with Crippen LogP contribution in [0.3, 0.4) is 0 Å². The first kappa shape index (κ1) is 23.1. The van der Waals surface area contributed by atoms with Crippen molar-refractivity contribution < 1.29 is 14.3 Å². The van der Waals surface area contributed by atoms with Gasteiger partial charge in [-0.05, 0) is 82.4 Å². The Morgan fingerprint density at radius 3 is 2.45 bits per heavy atom. The predicted molar refractivity (Wildman–Crippen MR) is 144 cm³/mol. The van der Waals surface area contributed by atoms with Crippen molar-refractivity contribution in [1.82, 2.24) is 0 Å². The molecule has 3 aromatic carbocycles. The number of halogens is 1. The topological polar surface area (TPSA) is 51.1 Å². The minimum atomic E-state index is -0.123. The third-order valence-corrected chi connectivity index (χ3v) is 6.47. The van der Waals surface area contributed by atoms with Crippen molar-refractivity contribution in [2.45, 2.75) is 0 Å². The van der Waals surface area contributed by atoms with Crippen molar-refractivity contribution in [3.63, 3.8) is 0 Å². The second-order valence-electron chi connectivity index (χ2n) is 6.95. The number of rotatable bonds is 7. The van der Waals surface area contributed by atoms with Crippen LogP contribution in [-0.2, 0) is 4.79 Å². The van der Waals surface area contributed by atoms with E-state index < -0.39 is 0 Å². The third kappa shape index (κ3) is 5.31. The van der Waals surface area contributed by atoms with Crippen LogP contribution in [0.4, 0.5) is 11.4 Å². The van der Waals surface area contributed by atoms with Gasteiger partial charge in [0.15, 0.2) is 16.7 Å². The molecule has 0 aromatic heterocycles. The maximum atomic E-state index is 13.4. The summed E-state index contributed by atoms with van der Waals surface area (Å²) in [7, 11) is 1.60. The number of ether oxygens (including phenoxy) is 2. The lowest BCUT2D eigenvalue weighted by Gasteiger charge is -2.15. The van der Waals surface area contributed by atoms with Gasteiger partial charge in [0.25, 0.3) is 5.91 Å². The van der Waals surface area contributed by atoms with E-state index >= 15 is 0 Å². The van der Waals surface area contributed by atoms with Gasteiger partial charge in [-0.15, -0.1) is 0 Å². The molecule has 1 aliphatic heterocycles. The van der Waals surface area contributed by atoms with Crippen molar-refractivity contribution in [1.29, 1.82) is 0 Å². The van der Waals surface area contributed by atoms with Gasteiger partial charge >= 0.3 is 0 Å². The molecule has 5 nitrogen and oxygen atoms in total. The van der Waals surface area contributed by atoms with E-state index in [4.69, 9.17) is 14.5 Å². The van der Waals surface area contributed by atoms with Crippen molar-refractivity contribution >= 4 is 62.9 Å². The first-order chi connectivity index (χ1) is 16.1. The molecule has 33 heavy (non-hydrogen) atoms. The summed E-state index contributed by atoms with van der Waals surface area (Å²) >= 11 is 3.55. The molecule has 1 saturated heterocycles. The summed E-state index contributed by atoms with van der Waals surface area (Å²) in [5, 5.41) is 0.608. The molecule has 0 saturated carbocycles. The zero-order valence-corrected chi connectivity index (χ0v) is 20.9. The monoisotopic (exact) mass is 568 g/mol. The fourth-order valence-electron chi connectivity index (χ4n) is 3.22. The molecule has 7 heteroatoms. The zero-order chi connectivity index (χ0) is 23.2. The number of amides is 1. The fraction of sp³-hybridized carbons (Fsp3) is 0.0769. The summed E-state index contributed by atoms with van der Waals surface area (Å²) in [5.41, 5.74) is 2.40. The van der Waals surface area contributed by atoms with Crippen LogP contribution in [0.1, 0.15) is 5.56 Å². The first-order valence-corrected chi connectivity index (χ1v) is 12.0. The van der Waals surface area contributed by atoms with E-state index in [0.29, 0.717) is 28.2 Å². The molecule has 3 aromatic rings. The van der Waals surface area contributed by atoms with Gasteiger partial charge in [-0.2, -0.15) is 0 Å². The molecule has 0 unspecified atom stereocenters. The Labute approximate surface area is 211 Å². The smallest absolute Gasteiger partial charge is 0.271 e. The van der Waals surface area contributed by atoms with E-state index in [2.05, 4.69) is 29.2 Å². The molecular formula is C26H21IN2O3S. The number of thioether (sulfide) groups is 1. The van der Waals surface area contributed by atoms with Crippen LogP contribution < -0.4 is 14.4 Å². The minimum absolute atomic E-state index is 0.123. The average molecular weight is 568 g/mol. The average Bonchev–Trinajstić information content (AvgIpc) is 3.13. The van der Waals surface area contributed by atoms with Crippen molar-refractivity contribution in [3.8, 4) is 11.5 Å². The largest absolute Gasteiger partial charge is 0.493 e. The molecule has 1 amide bonds. The van der Waals surface area contributed by atoms with E-state index in [9.17, 15) is 4.79 Å². The lowest BCUT2D eigenvalue weighted by Crippen LogP contribution is -2.28. The predicted octanol–water partition coefficient (Wildman–Crippen LogP) is 6.67. The van der Waals surface area contributed by atoms with Crippen molar-refractivity contribution in [2.75, 3.05) is 18.6 Å². The zero-order valence-electron chi connectivity index (χ0n) is 17.9. The van der Waals surface area contributed by atoms with E-state index in [0.717, 1.165) is 20.5 Å². The summed E-state index contributed by atoms with van der Waals surface area (Å²) in [5.74, 6) is 1.13. The maximum Gasteiger partial charge on any atom is 0.271 e. The highest BCUT2D eigenvalue weighted by Gasteiger charge is 2.34. The Kier molecular flexibility index (Phi) is 7.51. The summed E-state index contributed by atoms with van der Waals surface area (Å²) < 4.78 is 12.2. The van der Waals surface area contributed by atoms with Crippen LogP contribution >= 0.6 is 34.4 Å². The summed E-state index contributed by atoms with van der Waals surface area (Å²) in [6.07, 6.45) is 3.55. The second kappa shape index (κ2) is 10.7. The van der Waals surface area contributed by atoms with Crippen molar-refractivity contribution in [2.24, 2.45) is 4.99 Å². The van der Waals surface area contributed by atoms with Gasteiger partial charge in [-0.3, -0.25) is 9.69 Å². The van der Waals surface area contributed by atoms with Gasteiger partial charge < -0.3 is 9.47 Å². The number of hydrogen-bond donors (Lipinski definition) is 0. The van der Waals surface area contributed by atoms with Crippen LogP contribution in [0.2, 0.25) is 0 Å². The highest BCUT2D eigenvalue weighted by atomic mass is 127. The summed E-state index contributed by atoms with van der Waals surface area (Å²) in [6, 6.07) is 23.0. The number of carbonyl (C=O) groups is 1. The van der Waals surface area contributed by atoms with Gasteiger partial charge in [-0.1, -0.05) is 49.1 Å². The molecule has 1 fully saturated rings. The minimum Gasteiger partial charge on any atom is -0.493 e. The number of carbonyl (C=O) groups excluding carboxylic acids is 1. The molecule has 4 rings (SSSR count). The number of hydrogen-bond acceptors (Lipinski definition) is 5. The summed E-state index contributed by atoms with van der Waals surface area (Å²) in [6.45, 7) is 4.07. The quantitative estimate of drug-likeness (QED) is 0.182. The first-order valence-electron chi connectivity index (χ1n) is 10.1. The molecule has 166 valence electrons. The molecule has 0 bridgehead atoms. The van der Waals surface area contributed by atoms with Crippen molar-refractivity contribution in [3.05, 3.63) is 99.5 Å². The van der Waals surface area contributed by atoms with Gasteiger partial charge in [-0.25, -0.2) is 4.99 Å². The van der Waals surface area contributed by atoms with Gasteiger partial charge in [0.1, 0.15) is 6.61 Å². The van der Waals surface area contributed by atoms with E-state index in [1.54, 1.807) is 18.1 Å². The Hall–Kier alpha value is -3.04. The molecule has 0 radical (unpaired) electrons. The highest BCUT2D eigenvalue weighted by molar-refractivity contribution is 14.1. The number of aliphatic imine (C=N–C) groups is 1. The van der Waals surface area contributed by atoms with Gasteiger partial charge in [0.05, 0.1) is 27.0 Å². The number of methoxy groups -OCH3 is 1. The lowest BCUT2D eigenvalue weighted by atomic mass is 10.1. The normalized spacial score (nSPS) is 15.8. The molecule has 0 atom stereocenters. The van der Waals surface area contributed by atoms with Crippen LogP contribution in [-0.4, -0.2) is 24.8 Å². The van der Waals surface area contributed by atoms with E-state index in [1.807, 2.05) is 78.9 Å². The molecule has 0 aliphatic carbocycles. The maximum absolute atomic E-state index is 13.4.